The van der Waals surface area contributed by atoms with Crippen molar-refractivity contribution in [2.75, 3.05) is 5.75 Å². The summed E-state index contributed by atoms with van der Waals surface area (Å²) in [7, 11) is -3.46. The van der Waals surface area contributed by atoms with E-state index in [2.05, 4.69) is 0 Å². The maximum Gasteiger partial charge on any atom is 0.412 e. The van der Waals surface area contributed by atoms with Gasteiger partial charge in [0, 0.05) is 11.1 Å². The molecule has 0 bridgehead atoms. The predicted molar refractivity (Wildman–Crippen MR) is 127 cm³/mol. The predicted octanol–water partition coefficient (Wildman–Crippen LogP) is 4.72. The number of carboxylic acid groups (broad SMARTS) is 1. The molecule has 0 spiro atoms. The quantitative estimate of drug-likeness (QED) is 0.557. The van der Waals surface area contributed by atoms with Gasteiger partial charge in [0.2, 0.25) is 0 Å². The summed E-state index contributed by atoms with van der Waals surface area (Å²) in [6.07, 6.45) is 0.423. The summed E-state index contributed by atoms with van der Waals surface area (Å²) in [6.45, 7) is -0.0338. The summed E-state index contributed by atoms with van der Waals surface area (Å²) in [6, 6.07) is 18.6. The number of rotatable bonds is 5. The number of carboxylic acids is 1. The molecule has 178 valence electrons. The van der Waals surface area contributed by atoms with Crippen LogP contribution in [0.4, 0.5) is 4.79 Å². The van der Waals surface area contributed by atoms with Crippen molar-refractivity contribution in [3.63, 3.8) is 0 Å². The molecule has 7 nitrogen and oxygen atoms in total. The molecule has 1 amide bonds. The first-order chi connectivity index (χ1) is 16.8. The molecule has 0 aromatic heterocycles. The molecule has 1 atom stereocenters. The van der Waals surface area contributed by atoms with Crippen molar-refractivity contribution >= 4 is 21.9 Å². The fourth-order valence-corrected chi connectivity index (χ4v) is 6.90. The minimum atomic E-state index is -3.46. The molecule has 1 saturated carbocycles. The zero-order valence-corrected chi connectivity index (χ0v) is 19.6. The summed E-state index contributed by atoms with van der Waals surface area (Å²) >= 11 is 0. The van der Waals surface area contributed by atoms with Crippen LogP contribution in [0.3, 0.4) is 0 Å². The molecule has 2 aliphatic carbocycles. The number of ether oxygens (including phenoxy) is 1. The summed E-state index contributed by atoms with van der Waals surface area (Å²) in [4.78, 5) is 26.9. The van der Waals surface area contributed by atoms with Gasteiger partial charge in [-0.2, -0.15) is 0 Å². The number of carbonyl (C=O) groups is 2. The molecule has 1 N–H and O–H groups in total. The average Bonchev–Trinajstić information content (AvgIpc) is 3.47. The van der Waals surface area contributed by atoms with Crippen LogP contribution in [0.15, 0.2) is 71.6 Å². The third-order valence-corrected chi connectivity index (χ3v) is 8.92. The number of carbonyl (C=O) groups excluding carboxylic acids is 1. The first kappa shape index (κ1) is 21.9. The molecular formula is C27H23NO6S. The van der Waals surface area contributed by atoms with E-state index in [4.69, 9.17) is 4.74 Å². The smallest absolute Gasteiger partial charge is 0.412 e. The average molecular weight is 490 g/mol. The number of amides is 1. The van der Waals surface area contributed by atoms with Gasteiger partial charge < -0.3 is 9.84 Å². The third-order valence-electron chi connectivity index (χ3n) is 7.04. The van der Waals surface area contributed by atoms with E-state index in [1.165, 1.54) is 18.2 Å². The lowest BCUT2D eigenvalue weighted by molar-refractivity contribution is -0.142. The number of hydrogen-bond donors (Lipinski definition) is 1. The van der Waals surface area contributed by atoms with Gasteiger partial charge in [-0.3, -0.25) is 4.90 Å². The Balaban J connectivity index is 1.30. The highest BCUT2D eigenvalue weighted by Gasteiger charge is 2.42. The van der Waals surface area contributed by atoms with Crippen LogP contribution in [0.1, 0.15) is 47.2 Å². The van der Waals surface area contributed by atoms with Gasteiger partial charge in [-0.1, -0.05) is 54.6 Å². The maximum atomic E-state index is 13.4. The summed E-state index contributed by atoms with van der Waals surface area (Å²) < 4.78 is 31.4. The van der Waals surface area contributed by atoms with Crippen molar-refractivity contribution in [2.24, 2.45) is 5.92 Å². The van der Waals surface area contributed by atoms with Crippen molar-refractivity contribution in [1.29, 1.82) is 0 Å². The normalized spacial score (nSPS) is 18.6. The van der Waals surface area contributed by atoms with Crippen LogP contribution in [0.25, 0.3) is 11.1 Å². The Bertz CT molecular complexity index is 1430. The Morgan fingerprint density at radius 2 is 1.54 bits per heavy atom. The van der Waals surface area contributed by atoms with Crippen LogP contribution in [0, 0.1) is 5.92 Å². The molecule has 8 heteroatoms. The Hall–Kier alpha value is -3.65. The third kappa shape index (κ3) is 3.69. The highest BCUT2D eigenvalue weighted by molar-refractivity contribution is 7.91. The van der Waals surface area contributed by atoms with Crippen LogP contribution < -0.4 is 0 Å². The van der Waals surface area contributed by atoms with E-state index < -0.39 is 34.0 Å². The maximum absolute atomic E-state index is 13.4. The van der Waals surface area contributed by atoms with Crippen LogP contribution in [-0.2, 0) is 25.9 Å². The van der Waals surface area contributed by atoms with E-state index in [0.29, 0.717) is 11.1 Å². The van der Waals surface area contributed by atoms with Gasteiger partial charge in [-0.15, -0.1) is 0 Å². The van der Waals surface area contributed by atoms with Crippen LogP contribution in [0.2, 0.25) is 0 Å². The minimum absolute atomic E-state index is 0.0338. The van der Waals surface area contributed by atoms with Crippen molar-refractivity contribution in [1.82, 2.24) is 4.90 Å². The second-order valence-electron chi connectivity index (χ2n) is 9.39. The topological polar surface area (TPSA) is 101 Å². The molecule has 6 rings (SSSR count). The summed E-state index contributed by atoms with van der Waals surface area (Å²) in [5.74, 6) is -0.898. The van der Waals surface area contributed by atoms with Gasteiger partial charge in [0.05, 0.1) is 17.2 Å². The Morgan fingerprint density at radius 3 is 2.14 bits per heavy atom. The van der Waals surface area contributed by atoms with Gasteiger partial charge in [-0.05, 0) is 53.1 Å². The van der Waals surface area contributed by atoms with Crippen LogP contribution in [0.5, 0.6) is 0 Å². The highest BCUT2D eigenvalue weighted by Crippen LogP contribution is 2.46. The Kier molecular flexibility index (Phi) is 4.96. The highest BCUT2D eigenvalue weighted by atomic mass is 32.2. The molecule has 3 aliphatic rings. The molecule has 3 aromatic rings. The van der Waals surface area contributed by atoms with E-state index in [0.717, 1.165) is 40.0 Å². The van der Waals surface area contributed by atoms with Crippen LogP contribution in [-0.4, -0.2) is 36.2 Å². The minimum Gasteiger partial charge on any atom is -0.479 e. The number of fused-ring (bicyclic) bond motifs is 4. The van der Waals surface area contributed by atoms with E-state index in [1.54, 1.807) is 0 Å². The number of aliphatic carboxylic acids is 1. The summed E-state index contributed by atoms with van der Waals surface area (Å²) in [5, 5.41) is 9.94. The number of hydrogen-bond acceptors (Lipinski definition) is 5. The number of benzene rings is 3. The van der Waals surface area contributed by atoms with Gasteiger partial charge in [0.25, 0.3) is 0 Å². The molecule has 3 aromatic carbocycles. The molecule has 0 radical (unpaired) electrons. The largest absolute Gasteiger partial charge is 0.479 e. The SMILES string of the molecule is O=C(O)C1c2ccc(S(=O)(=O)CC3CC3)cc2CN1C(=O)OC1c2ccccc2-c2ccccc21. The summed E-state index contributed by atoms with van der Waals surface area (Å²) in [5.41, 5.74) is 4.57. The van der Waals surface area contributed by atoms with Crippen molar-refractivity contribution in [2.45, 2.75) is 36.4 Å². The van der Waals surface area contributed by atoms with Gasteiger partial charge in [0.1, 0.15) is 0 Å². The molecular weight excluding hydrogens is 466 g/mol. The zero-order chi connectivity index (χ0) is 24.3. The lowest BCUT2D eigenvalue weighted by atomic mass is 10.1. The number of sulfone groups is 1. The molecule has 1 heterocycles. The van der Waals surface area contributed by atoms with Gasteiger partial charge >= 0.3 is 12.1 Å². The molecule has 35 heavy (non-hydrogen) atoms. The van der Waals surface area contributed by atoms with Crippen LogP contribution >= 0.6 is 0 Å². The van der Waals surface area contributed by atoms with Gasteiger partial charge in [-0.25, -0.2) is 18.0 Å². The van der Waals surface area contributed by atoms with E-state index >= 15 is 0 Å². The monoisotopic (exact) mass is 489 g/mol. The second kappa shape index (κ2) is 7.95. The lowest BCUT2D eigenvalue weighted by Crippen LogP contribution is -2.35. The first-order valence-electron chi connectivity index (χ1n) is 11.6. The molecule has 1 unspecified atom stereocenters. The number of nitrogens with zero attached hydrogens (tertiary/aromatic N) is 1. The molecule has 1 aliphatic heterocycles. The van der Waals surface area contributed by atoms with Gasteiger partial charge in [0.15, 0.2) is 22.0 Å². The van der Waals surface area contributed by atoms with Crippen molar-refractivity contribution in [3.8, 4) is 11.1 Å². The van der Waals surface area contributed by atoms with Crippen molar-refractivity contribution < 1.29 is 27.9 Å². The fraction of sp³-hybridized carbons (Fsp3) is 0.259. The van der Waals surface area contributed by atoms with E-state index in [1.807, 2.05) is 48.5 Å². The Labute approximate surface area is 202 Å². The fourth-order valence-electron chi connectivity index (χ4n) is 5.15. The zero-order valence-electron chi connectivity index (χ0n) is 18.8. The Morgan fingerprint density at radius 1 is 0.914 bits per heavy atom. The second-order valence-corrected chi connectivity index (χ2v) is 11.4. The first-order valence-corrected chi connectivity index (χ1v) is 13.2. The molecule has 1 fully saturated rings. The van der Waals surface area contributed by atoms with E-state index in [9.17, 15) is 23.1 Å². The van der Waals surface area contributed by atoms with E-state index in [-0.39, 0.29) is 23.1 Å². The molecule has 0 saturated heterocycles. The lowest BCUT2D eigenvalue weighted by Gasteiger charge is -2.24. The standard InChI is InChI=1S/C27H23NO6S/c29-26(30)24-19-12-11-18(35(32,33)15-16-9-10-16)13-17(19)14-28(24)27(31)34-25-22-7-3-1-5-20(22)21-6-2-4-8-23(21)25/h1-8,11-13,16,24-25H,9-10,14-15H2,(H,29,30). The van der Waals surface area contributed by atoms with Crippen molar-refractivity contribution in [3.05, 3.63) is 89.0 Å².